The topological polar surface area (TPSA) is 139 Å². The molecule has 0 unspecified atom stereocenters. The zero-order chi connectivity index (χ0) is 24.7. The van der Waals surface area contributed by atoms with Crippen LogP contribution in [0.5, 0.6) is 11.5 Å². The molecule has 0 fully saturated rings. The Bertz CT molecular complexity index is 1090. The monoisotopic (exact) mass is 454 g/mol. The lowest BCUT2D eigenvalue weighted by Gasteiger charge is -2.06. The predicted molar refractivity (Wildman–Crippen MR) is 121 cm³/mol. The van der Waals surface area contributed by atoms with E-state index in [9.17, 15) is 29.8 Å². The SMILES string of the molecule is COc1cc(/C=C/C(=O)CC(=O)/C=C/c2cc(OC)c(C)c([N+](=O)[O-])c2)cc([N+](=O)[O-])c1C. The minimum Gasteiger partial charge on any atom is -0.496 e. The summed E-state index contributed by atoms with van der Waals surface area (Å²) in [7, 11) is 2.77. The molecule has 172 valence electrons. The largest absolute Gasteiger partial charge is 0.496 e. The van der Waals surface area contributed by atoms with E-state index < -0.39 is 27.8 Å². The van der Waals surface area contributed by atoms with Crippen LogP contribution in [0.25, 0.3) is 12.2 Å². The van der Waals surface area contributed by atoms with Gasteiger partial charge in [-0.1, -0.05) is 12.2 Å². The lowest BCUT2D eigenvalue weighted by Crippen LogP contribution is -2.02. The summed E-state index contributed by atoms with van der Waals surface area (Å²) in [6, 6.07) is 5.71. The molecule has 0 aliphatic rings. The van der Waals surface area contributed by atoms with E-state index in [1.165, 1.54) is 38.5 Å². The Morgan fingerprint density at radius 1 is 0.788 bits per heavy atom. The molecule has 2 rings (SSSR count). The Balaban J connectivity index is 2.14. The van der Waals surface area contributed by atoms with Gasteiger partial charge in [0, 0.05) is 12.1 Å². The first-order valence-electron chi connectivity index (χ1n) is 9.65. The summed E-state index contributed by atoms with van der Waals surface area (Å²) >= 11 is 0. The number of ketones is 2. The van der Waals surface area contributed by atoms with Gasteiger partial charge in [0.15, 0.2) is 11.6 Å². The van der Waals surface area contributed by atoms with Gasteiger partial charge in [-0.05, 0) is 49.3 Å². The van der Waals surface area contributed by atoms with E-state index in [0.29, 0.717) is 33.8 Å². The Morgan fingerprint density at radius 3 is 1.45 bits per heavy atom. The van der Waals surface area contributed by atoms with Crippen LogP contribution < -0.4 is 9.47 Å². The fourth-order valence-electron chi connectivity index (χ4n) is 3.05. The summed E-state index contributed by atoms with van der Waals surface area (Å²) in [5, 5.41) is 22.4. The van der Waals surface area contributed by atoms with Crippen molar-refractivity contribution in [1.82, 2.24) is 0 Å². The van der Waals surface area contributed by atoms with Crippen molar-refractivity contribution in [2.45, 2.75) is 20.3 Å². The van der Waals surface area contributed by atoms with E-state index in [-0.39, 0.29) is 11.4 Å². The third kappa shape index (κ3) is 6.33. The van der Waals surface area contributed by atoms with E-state index in [1.807, 2.05) is 0 Å². The quantitative estimate of drug-likeness (QED) is 0.223. The van der Waals surface area contributed by atoms with Crippen LogP contribution in [-0.4, -0.2) is 35.6 Å². The molecule has 0 amide bonds. The molecule has 0 radical (unpaired) electrons. The smallest absolute Gasteiger partial charge is 0.276 e. The van der Waals surface area contributed by atoms with Gasteiger partial charge in [-0.2, -0.15) is 0 Å². The van der Waals surface area contributed by atoms with Crippen molar-refractivity contribution in [2.75, 3.05) is 14.2 Å². The number of carbonyl (C=O) groups excluding carboxylic acids is 2. The number of allylic oxidation sites excluding steroid dienone is 2. The van der Waals surface area contributed by atoms with Crippen LogP contribution >= 0.6 is 0 Å². The van der Waals surface area contributed by atoms with E-state index in [4.69, 9.17) is 9.47 Å². The van der Waals surface area contributed by atoms with Crippen LogP contribution in [0.15, 0.2) is 36.4 Å². The molecule has 0 aromatic heterocycles. The molecule has 0 heterocycles. The lowest BCUT2D eigenvalue weighted by molar-refractivity contribution is -0.385. The third-order valence-electron chi connectivity index (χ3n) is 4.81. The molecule has 2 aromatic rings. The maximum absolute atomic E-state index is 12.2. The summed E-state index contributed by atoms with van der Waals surface area (Å²) in [5.74, 6) is -0.422. The van der Waals surface area contributed by atoms with Crippen molar-refractivity contribution in [3.05, 3.63) is 78.9 Å². The number of benzene rings is 2. The number of nitro benzene ring substituents is 2. The van der Waals surface area contributed by atoms with Gasteiger partial charge < -0.3 is 9.47 Å². The van der Waals surface area contributed by atoms with Crippen molar-refractivity contribution in [3.63, 3.8) is 0 Å². The molecule has 0 bridgehead atoms. The molecule has 10 heteroatoms. The van der Waals surface area contributed by atoms with E-state index in [0.717, 1.165) is 12.2 Å². The maximum atomic E-state index is 12.2. The van der Waals surface area contributed by atoms with Crippen molar-refractivity contribution >= 4 is 35.1 Å². The first-order valence-corrected chi connectivity index (χ1v) is 9.65. The molecule has 2 aromatic carbocycles. The molecular formula is C23H22N2O8. The highest BCUT2D eigenvalue weighted by Crippen LogP contribution is 2.31. The number of hydrogen-bond donors (Lipinski definition) is 0. The van der Waals surface area contributed by atoms with Gasteiger partial charge in [0.2, 0.25) is 0 Å². The van der Waals surface area contributed by atoms with Crippen LogP contribution in [0.2, 0.25) is 0 Å². The highest BCUT2D eigenvalue weighted by molar-refractivity contribution is 6.10. The van der Waals surface area contributed by atoms with Crippen molar-refractivity contribution in [3.8, 4) is 11.5 Å². The van der Waals surface area contributed by atoms with Crippen LogP contribution in [0, 0.1) is 34.1 Å². The van der Waals surface area contributed by atoms with Crippen LogP contribution in [-0.2, 0) is 9.59 Å². The molecule has 0 N–H and O–H groups in total. The van der Waals surface area contributed by atoms with Gasteiger partial charge in [0.1, 0.15) is 11.5 Å². The minimum atomic E-state index is -0.546. The normalized spacial score (nSPS) is 11.0. The number of nitrogens with zero attached hydrogens (tertiary/aromatic N) is 2. The Kier molecular flexibility index (Phi) is 8.16. The number of carbonyl (C=O) groups is 2. The number of rotatable bonds is 10. The highest BCUT2D eigenvalue weighted by Gasteiger charge is 2.17. The molecule has 0 aliphatic carbocycles. The summed E-state index contributed by atoms with van der Waals surface area (Å²) in [4.78, 5) is 45.6. The number of ether oxygens (including phenoxy) is 2. The summed E-state index contributed by atoms with van der Waals surface area (Å²) < 4.78 is 10.3. The van der Waals surface area contributed by atoms with Gasteiger partial charge in [-0.3, -0.25) is 29.8 Å². The molecule has 10 nitrogen and oxygen atoms in total. The number of nitro groups is 2. The van der Waals surface area contributed by atoms with Gasteiger partial charge in [0.25, 0.3) is 11.4 Å². The summed E-state index contributed by atoms with van der Waals surface area (Å²) in [6.07, 6.45) is 4.59. The predicted octanol–water partition coefficient (Wildman–Crippen LogP) is 4.39. The van der Waals surface area contributed by atoms with E-state index in [2.05, 4.69) is 0 Å². The second-order valence-corrected chi connectivity index (χ2v) is 7.02. The van der Waals surface area contributed by atoms with Crippen molar-refractivity contribution < 1.29 is 28.9 Å². The number of methoxy groups -OCH3 is 2. The van der Waals surface area contributed by atoms with Gasteiger partial charge in [-0.15, -0.1) is 0 Å². The number of hydrogen-bond acceptors (Lipinski definition) is 8. The van der Waals surface area contributed by atoms with Crippen LogP contribution in [0.3, 0.4) is 0 Å². The fraction of sp³-hybridized carbons (Fsp3) is 0.217. The van der Waals surface area contributed by atoms with Crippen LogP contribution in [0.4, 0.5) is 11.4 Å². The summed E-state index contributed by atoms with van der Waals surface area (Å²) in [5.41, 5.74) is 1.17. The molecule has 33 heavy (non-hydrogen) atoms. The zero-order valence-corrected chi connectivity index (χ0v) is 18.5. The van der Waals surface area contributed by atoms with Gasteiger partial charge in [-0.25, -0.2) is 0 Å². The second-order valence-electron chi connectivity index (χ2n) is 7.02. The first kappa shape index (κ1) is 24.9. The zero-order valence-electron chi connectivity index (χ0n) is 18.5. The first-order chi connectivity index (χ1) is 15.6. The lowest BCUT2D eigenvalue weighted by atomic mass is 10.1. The second kappa shape index (κ2) is 10.8. The van der Waals surface area contributed by atoms with Gasteiger partial charge in [0.05, 0.1) is 41.6 Å². The Labute approximate surface area is 189 Å². The fourth-order valence-corrected chi connectivity index (χ4v) is 3.05. The Hall–Kier alpha value is -4.34. The van der Waals surface area contributed by atoms with Crippen molar-refractivity contribution in [1.29, 1.82) is 0 Å². The third-order valence-corrected chi connectivity index (χ3v) is 4.81. The molecule has 0 saturated carbocycles. The average Bonchev–Trinajstić information content (AvgIpc) is 2.77. The van der Waals surface area contributed by atoms with Gasteiger partial charge >= 0.3 is 0 Å². The highest BCUT2D eigenvalue weighted by atomic mass is 16.6. The summed E-state index contributed by atoms with van der Waals surface area (Å²) in [6.45, 7) is 3.11. The Morgan fingerprint density at radius 2 is 1.15 bits per heavy atom. The van der Waals surface area contributed by atoms with E-state index >= 15 is 0 Å². The molecule has 0 spiro atoms. The molecular weight excluding hydrogens is 432 g/mol. The average molecular weight is 454 g/mol. The maximum Gasteiger partial charge on any atom is 0.276 e. The van der Waals surface area contributed by atoms with Crippen molar-refractivity contribution in [2.24, 2.45) is 0 Å². The molecule has 0 atom stereocenters. The minimum absolute atomic E-state index is 0.150. The van der Waals surface area contributed by atoms with Crippen LogP contribution in [0.1, 0.15) is 28.7 Å². The molecule has 0 saturated heterocycles. The van der Waals surface area contributed by atoms with E-state index in [1.54, 1.807) is 26.0 Å². The molecule has 0 aliphatic heterocycles. The standard InChI is InChI=1S/C23H22N2O8/c1-14-20(24(28)29)9-16(11-22(14)32-3)5-7-18(26)13-19(27)8-6-17-10-21(25(30)31)15(2)23(12-17)33-4/h5-12H,13H2,1-4H3/b7-5+,8-6+.